The fraction of sp³-hybridized carbons (Fsp3) is 0.263. The summed E-state index contributed by atoms with van der Waals surface area (Å²) in [6.07, 6.45) is 0.704. The van der Waals surface area contributed by atoms with Gasteiger partial charge in [-0.25, -0.2) is 9.18 Å². The topological polar surface area (TPSA) is 38.7 Å². The second-order valence-corrected chi connectivity index (χ2v) is 6.70. The van der Waals surface area contributed by atoms with Gasteiger partial charge >= 0.3 is 5.97 Å². The van der Waals surface area contributed by atoms with Crippen molar-refractivity contribution in [3.8, 4) is 0 Å². The molecule has 0 spiro atoms. The van der Waals surface area contributed by atoms with E-state index in [-0.39, 0.29) is 17.3 Å². The molecule has 0 bridgehead atoms. The van der Waals surface area contributed by atoms with Gasteiger partial charge in [0.2, 0.25) is 0 Å². The quantitative estimate of drug-likeness (QED) is 0.754. The fourth-order valence-corrected chi connectivity index (χ4v) is 3.31. The Hall–Kier alpha value is -2.49. The van der Waals surface area contributed by atoms with Gasteiger partial charge in [-0.15, -0.1) is 0 Å². The van der Waals surface area contributed by atoms with Crippen LogP contribution in [0.15, 0.2) is 41.4 Å². The number of benzene rings is 2. The smallest absolute Gasteiger partial charge is 0.338 e. The lowest BCUT2D eigenvalue weighted by atomic mass is 9.84. The average molecular weight is 309 g/mol. The lowest BCUT2D eigenvalue weighted by Crippen LogP contribution is -2.29. The Morgan fingerprint density at radius 3 is 2.70 bits per heavy atom. The molecule has 2 aromatic carbocycles. The Labute approximate surface area is 133 Å². The van der Waals surface area contributed by atoms with Crippen LogP contribution in [0.1, 0.15) is 46.5 Å². The highest BCUT2D eigenvalue weighted by Crippen LogP contribution is 2.31. The molecular weight excluding hydrogens is 293 g/mol. The van der Waals surface area contributed by atoms with Crippen molar-refractivity contribution in [3.05, 3.63) is 70.0 Å². The van der Waals surface area contributed by atoms with Crippen molar-refractivity contribution in [2.24, 2.45) is 4.99 Å². The lowest BCUT2D eigenvalue weighted by Gasteiger charge is -2.29. The van der Waals surface area contributed by atoms with E-state index in [4.69, 9.17) is 9.73 Å². The van der Waals surface area contributed by atoms with Crippen molar-refractivity contribution in [2.75, 3.05) is 0 Å². The summed E-state index contributed by atoms with van der Waals surface area (Å²) in [6, 6.07) is 10.5. The van der Waals surface area contributed by atoms with Gasteiger partial charge in [-0.2, -0.15) is 0 Å². The van der Waals surface area contributed by atoms with E-state index in [1.807, 2.05) is 26.0 Å². The third kappa shape index (κ3) is 2.34. The summed E-state index contributed by atoms with van der Waals surface area (Å²) in [6.45, 7) is 4.39. The molecule has 2 heterocycles. The largest absolute Gasteiger partial charge is 0.457 e. The lowest BCUT2D eigenvalue weighted by molar-refractivity contribution is 0.0535. The molecule has 0 aliphatic carbocycles. The minimum atomic E-state index is -0.290. The van der Waals surface area contributed by atoms with Crippen LogP contribution in [0.25, 0.3) is 0 Å². The Bertz CT molecular complexity index is 868. The summed E-state index contributed by atoms with van der Waals surface area (Å²) in [4.78, 5) is 16.5. The second kappa shape index (κ2) is 4.75. The van der Waals surface area contributed by atoms with E-state index in [2.05, 4.69) is 0 Å². The van der Waals surface area contributed by atoms with Gasteiger partial charge in [-0.05, 0) is 56.2 Å². The van der Waals surface area contributed by atoms with Crippen LogP contribution in [0, 0.1) is 5.82 Å². The Morgan fingerprint density at radius 2 is 1.87 bits per heavy atom. The fourth-order valence-electron chi connectivity index (χ4n) is 3.31. The summed E-state index contributed by atoms with van der Waals surface area (Å²) in [5.41, 5.74) is 4.90. The third-order valence-corrected chi connectivity index (χ3v) is 4.32. The number of hydrogen-bond donors (Lipinski definition) is 0. The van der Waals surface area contributed by atoms with Crippen LogP contribution in [0.3, 0.4) is 0 Å². The molecule has 0 aromatic heterocycles. The third-order valence-electron chi connectivity index (χ3n) is 4.32. The van der Waals surface area contributed by atoms with E-state index in [0.29, 0.717) is 18.6 Å². The molecule has 4 rings (SSSR count). The molecule has 0 amide bonds. The van der Waals surface area contributed by atoms with E-state index < -0.39 is 0 Å². The van der Waals surface area contributed by atoms with Crippen LogP contribution in [-0.4, -0.2) is 17.2 Å². The number of hydrogen-bond acceptors (Lipinski definition) is 3. The Kier molecular flexibility index (Phi) is 2.92. The Balaban J connectivity index is 1.88. The highest BCUT2D eigenvalue weighted by Gasteiger charge is 2.29. The first-order valence-corrected chi connectivity index (χ1v) is 7.62. The van der Waals surface area contributed by atoms with E-state index in [9.17, 15) is 9.18 Å². The van der Waals surface area contributed by atoms with Crippen LogP contribution in [-0.2, 0) is 17.8 Å². The maximum atomic E-state index is 13.6. The molecule has 2 aliphatic heterocycles. The number of cyclic esters (lactones) is 1. The van der Waals surface area contributed by atoms with Gasteiger partial charge in [-0.1, -0.05) is 6.07 Å². The number of esters is 1. The van der Waals surface area contributed by atoms with Crippen molar-refractivity contribution in [3.63, 3.8) is 0 Å². The van der Waals surface area contributed by atoms with Gasteiger partial charge < -0.3 is 4.74 Å². The van der Waals surface area contributed by atoms with Crippen LogP contribution in [0.5, 0.6) is 0 Å². The summed E-state index contributed by atoms with van der Waals surface area (Å²) in [5.74, 6) is -0.506. The molecule has 4 heteroatoms. The van der Waals surface area contributed by atoms with Gasteiger partial charge in [0.25, 0.3) is 0 Å². The van der Waals surface area contributed by atoms with Crippen molar-refractivity contribution < 1.29 is 13.9 Å². The summed E-state index contributed by atoms with van der Waals surface area (Å²) in [7, 11) is 0. The molecule has 2 aliphatic rings. The van der Waals surface area contributed by atoms with E-state index in [1.165, 1.54) is 6.07 Å². The van der Waals surface area contributed by atoms with Crippen LogP contribution < -0.4 is 0 Å². The SMILES string of the molecule is CC1(C)Cc2cc(F)ccc2C(c2ccc3c(c2)COC3=O)=N1. The first-order valence-electron chi connectivity index (χ1n) is 7.62. The van der Waals surface area contributed by atoms with Crippen molar-refractivity contribution >= 4 is 11.7 Å². The van der Waals surface area contributed by atoms with Gasteiger partial charge in [0.05, 0.1) is 16.8 Å². The maximum absolute atomic E-state index is 13.6. The maximum Gasteiger partial charge on any atom is 0.338 e. The first-order chi connectivity index (χ1) is 10.9. The van der Waals surface area contributed by atoms with Gasteiger partial charge in [0, 0.05) is 16.7 Å². The molecule has 0 fully saturated rings. The number of rotatable bonds is 1. The molecule has 0 N–H and O–H groups in total. The average Bonchev–Trinajstić information content (AvgIpc) is 2.86. The number of nitrogens with zero attached hydrogens (tertiary/aromatic N) is 1. The van der Waals surface area contributed by atoms with E-state index in [1.54, 1.807) is 18.2 Å². The number of carbonyl (C=O) groups excluding carboxylic acids is 1. The number of halogens is 1. The molecule has 0 unspecified atom stereocenters. The summed E-state index contributed by atoms with van der Waals surface area (Å²) < 4.78 is 18.7. The number of aliphatic imine (C=N–C) groups is 1. The Morgan fingerprint density at radius 1 is 1.09 bits per heavy atom. The molecular formula is C19H16FNO2. The number of ether oxygens (including phenoxy) is 1. The standard InChI is InChI=1S/C19H16FNO2/c1-19(2)9-12-8-14(20)4-6-15(12)17(21-19)11-3-5-16-13(7-11)10-23-18(16)22/h3-8H,9-10H2,1-2H3. The zero-order chi connectivity index (χ0) is 16.2. The zero-order valence-electron chi connectivity index (χ0n) is 13.0. The zero-order valence-corrected chi connectivity index (χ0v) is 13.0. The highest BCUT2D eigenvalue weighted by atomic mass is 19.1. The minimum absolute atomic E-state index is 0.228. The molecule has 3 nitrogen and oxygen atoms in total. The summed E-state index contributed by atoms with van der Waals surface area (Å²) >= 11 is 0. The predicted molar refractivity (Wildman–Crippen MR) is 85.4 cm³/mol. The molecule has 0 atom stereocenters. The van der Waals surface area contributed by atoms with Crippen LogP contribution in [0.2, 0.25) is 0 Å². The van der Waals surface area contributed by atoms with Crippen molar-refractivity contribution in [1.82, 2.24) is 0 Å². The molecule has 116 valence electrons. The van der Waals surface area contributed by atoms with E-state index >= 15 is 0 Å². The van der Waals surface area contributed by atoms with Crippen LogP contribution in [0.4, 0.5) is 4.39 Å². The number of carbonyl (C=O) groups is 1. The van der Waals surface area contributed by atoms with Crippen molar-refractivity contribution in [2.45, 2.75) is 32.4 Å². The van der Waals surface area contributed by atoms with Crippen LogP contribution >= 0.6 is 0 Å². The molecule has 0 radical (unpaired) electrons. The number of fused-ring (bicyclic) bond motifs is 2. The normalized spacial score (nSPS) is 18.0. The molecule has 0 saturated heterocycles. The molecule has 23 heavy (non-hydrogen) atoms. The minimum Gasteiger partial charge on any atom is -0.457 e. The monoisotopic (exact) mass is 309 g/mol. The highest BCUT2D eigenvalue weighted by molar-refractivity contribution is 6.15. The van der Waals surface area contributed by atoms with E-state index in [0.717, 1.165) is 28.0 Å². The van der Waals surface area contributed by atoms with Gasteiger partial charge in [0.15, 0.2) is 0 Å². The molecule has 2 aromatic rings. The summed E-state index contributed by atoms with van der Waals surface area (Å²) in [5, 5.41) is 0. The van der Waals surface area contributed by atoms with Gasteiger partial charge in [0.1, 0.15) is 12.4 Å². The second-order valence-electron chi connectivity index (χ2n) is 6.70. The predicted octanol–water partition coefficient (Wildman–Crippen LogP) is 3.67. The van der Waals surface area contributed by atoms with Gasteiger partial charge in [-0.3, -0.25) is 4.99 Å². The first kappa shape index (κ1) is 14.1. The van der Waals surface area contributed by atoms with Crippen molar-refractivity contribution in [1.29, 1.82) is 0 Å². The molecule has 0 saturated carbocycles.